The van der Waals surface area contributed by atoms with E-state index in [1.54, 1.807) is 13.0 Å². The number of carbonyl (C=O) groups is 1. The minimum Gasteiger partial charge on any atom is -0.461 e. The minimum absolute atomic E-state index is 0.129. The molecule has 1 aromatic carbocycles. The van der Waals surface area contributed by atoms with Crippen LogP contribution in [-0.2, 0) is 14.9 Å². The van der Waals surface area contributed by atoms with Crippen molar-refractivity contribution < 1.29 is 27.5 Å². The summed E-state index contributed by atoms with van der Waals surface area (Å²) >= 11 is 0. The highest BCUT2D eigenvalue weighted by atomic mass is 19.1. The van der Waals surface area contributed by atoms with Gasteiger partial charge in [-0.25, -0.2) is 13.6 Å². The van der Waals surface area contributed by atoms with Crippen molar-refractivity contribution in [1.82, 2.24) is 15.2 Å². The largest absolute Gasteiger partial charge is 0.461 e. The fourth-order valence-corrected chi connectivity index (χ4v) is 6.77. The molecule has 2 aliphatic carbocycles. The molecule has 2 aromatic heterocycles. The summed E-state index contributed by atoms with van der Waals surface area (Å²) in [7, 11) is 0. The summed E-state index contributed by atoms with van der Waals surface area (Å²) in [4.78, 5) is 18.4. The van der Waals surface area contributed by atoms with Crippen LogP contribution in [0.4, 0.5) is 14.8 Å². The third kappa shape index (κ3) is 3.41. The van der Waals surface area contributed by atoms with Crippen LogP contribution in [0, 0.1) is 17.0 Å². The van der Waals surface area contributed by atoms with E-state index in [1.165, 1.54) is 24.5 Å². The number of oxazole rings is 1. The maximum absolute atomic E-state index is 14.5. The Balaban J connectivity index is 1.35. The molecule has 6 rings (SSSR count). The van der Waals surface area contributed by atoms with Crippen LogP contribution < -0.4 is 4.90 Å². The molecule has 8 nitrogen and oxygen atoms in total. The molecular formula is C27H28F2N4O4. The number of fused-ring (bicyclic) bond motifs is 5. The normalized spacial score (nSPS) is 25.8. The van der Waals surface area contributed by atoms with Gasteiger partial charge in [0.1, 0.15) is 17.9 Å². The van der Waals surface area contributed by atoms with Crippen LogP contribution in [0.3, 0.4) is 0 Å². The number of nitrogens with zero attached hydrogens (tertiary/aromatic N) is 4. The number of aromatic nitrogens is 3. The summed E-state index contributed by atoms with van der Waals surface area (Å²) in [6.07, 6.45) is 2.84. The van der Waals surface area contributed by atoms with Gasteiger partial charge in [0.15, 0.2) is 5.69 Å². The molecule has 1 saturated heterocycles. The van der Waals surface area contributed by atoms with Crippen molar-refractivity contribution in [3.8, 4) is 11.3 Å². The minimum atomic E-state index is -0.661. The summed E-state index contributed by atoms with van der Waals surface area (Å²) in [5.41, 5.74) is 1.31. The van der Waals surface area contributed by atoms with Crippen molar-refractivity contribution in [2.45, 2.75) is 51.0 Å². The van der Waals surface area contributed by atoms with Gasteiger partial charge in [-0.15, -0.1) is 0 Å². The van der Waals surface area contributed by atoms with Gasteiger partial charge in [-0.05, 0) is 54.9 Å². The molecule has 3 atom stereocenters. The van der Waals surface area contributed by atoms with E-state index in [9.17, 15) is 13.6 Å². The van der Waals surface area contributed by atoms with Crippen molar-refractivity contribution in [2.75, 3.05) is 31.2 Å². The first kappa shape index (κ1) is 24.0. The Bertz CT molecular complexity index is 1360. The van der Waals surface area contributed by atoms with Crippen LogP contribution in [0.5, 0.6) is 0 Å². The van der Waals surface area contributed by atoms with Crippen molar-refractivity contribution in [1.29, 1.82) is 0 Å². The Morgan fingerprint density at radius 1 is 1.24 bits per heavy atom. The second-order valence-electron chi connectivity index (χ2n) is 10.5. The molecule has 0 spiro atoms. The molecule has 10 heteroatoms. The molecule has 3 aromatic rings. The van der Waals surface area contributed by atoms with Gasteiger partial charge in [-0.2, -0.15) is 15.2 Å². The number of carbonyl (C=O) groups excluding carboxylic acids is 1. The summed E-state index contributed by atoms with van der Waals surface area (Å²) < 4.78 is 46.1. The molecule has 2 bridgehead atoms. The molecule has 3 heterocycles. The van der Waals surface area contributed by atoms with E-state index in [2.05, 4.69) is 29.0 Å². The average Bonchev–Trinajstić information content (AvgIpc) is 3.53. The van der Waals surface area contributed by atoms with Crippen LogP contribution in [-0.4, -0.2) is 53.6 Å². The highest BCUT2D eigenvalue weighted by Crippen LogP contribution is 2.69. The third-order valence-corrected chi connectivity index (χ3v) is 8.55. The monoisotopic (exact) mass is 510 g/mol. The number of esters is 1. The fraction of sp³-hybridized carbons (Fsp3) is 0.481. The first-order valence-corrected chi connectivity index (χ1v) is 12.6. The molecule has 0 N–H and O–H groups in total. The van der Waals surface area contributed by atoms with E-state index in [4.69, 9.17) is 13.9 Å². The van der Waals surface area contributed by atoms with Gasteiger partial charge < -0.3 is 18.8 Å². The number of morpholine rings is 1. The van der Waals surface area contributed by atoms with Gasteiger partial charge in [-0.3, -0.25) is 0 Å². The highest BCUT2D eigenvalue weighted by molar-refractivity contribution is 5.87. The Morgan fingerprint density at radius 3 is 2.78 bits per heavy atom. The molecular weight excluding hydrogens is 482 g/mol. The molecule has 0 unspecified atom stereocenters. The zero-order valence-corrected chi connectivity index (χ0v) is 21.0. The molecule has 1 aliphatic heterocycles. The lowest BCUT2D eigenvalue weighted by atomic mass is 9.64. The lowest BCUT2D eigenvalue weighted by molar-refractivity contribution is -0.0475. The Hall–Kier alpha value is -3.40. The molecule has 194 valence electrons. The van der Waals surface area contributed by atoms with Crippen LogP contribution >= 0.6 is 0 Å². The van der Waals surface area contributed by atoms with Gasteiger partial charge in [0.05, 0.1) is 36.3 Å². The predicted octanol–water partition coefficient (Wildman–Crippen LogP) is 4.65. The summed E-state index contributed by atoms with van der Waals surface area (Å²) in [5.74, 6) is -1.69. The smallest absolute Gasteiger partial charge is 0.360 e. The van der Waals surface area contributed by atoms with E-state index < -0.39 is 23.0 Å². The van der Waals surface area contributed by atoms with Gasteiger partial charge >= 0.3 is 5.97 Å². The Morgan fingerprint density at radius 2 is 2.03 bits per heavy atom. The SMILES string of the molecule is CCOC(=O)c1coc(N2CCO[C@@H]([C@@]34CC[C@@H](c5cc(-c6c(F)cccc6F)nnc53)C4(C)C)C2)n1. The second-order valence-corrected chi connectivity index (χ2v) is 10.5. The second kappa shape index (κ2) is 8.58. The number of benzene rings is 1. The number of rotatable bonds is 5. The third-order valence-electron chi connectivity index (χ3n) is 8.55. The first-order chi connectivity index (χ1) is 17.8. The zero-order valence-electron chi connectivity index (χ0n) is 21.0. The average molecular weight is 511 g/mol. The van der Waals surface area contributed by atoms with Crippen LogP contribution in [0.2, 0.25) is 0 Å². The predicted molar refractivity (Wildman–Crippen MR) is 129 cm³/mol. The maximum atomic E-state index is 14.5. The fourth-order valence-electron chi connectivity index (χ4n) is 6.77. The number of hydrogen-bond donors (Lipinski definition) is 0. The highest BCUT2D eigenvalue weighted by Gasteiger charge is 2.67. The van der Waals surface area contributed by atoms with E-state index >= 15 is 0 Å². The van der Waals surface area contributed by atoms with Crippen molar-refractivity contribution >= 4 is 12.0 Å². The number of ether oxygens (including phenoxy) is 2. The Labute approximate surface area is 213 Å². The summed E-state index contributed by atoms with van der Waals surface area (Å²) in [6, 6.07) is 5.94. The van der Waals surface area contributed by atoms with Crippen molar-refractivity contribution in [3.63, 3.8) is 0 Å². The topological polar surface area (TPSA) is 90.6 Å². The van der Waals surface area contributed by atoms with E-state index in [-0.39, 0.29) is 41.0 Å². The number of halogens is 2. The maximum Gasteiger partial charge on any atom is 0.360 e. The number of anilines is 1. The number of hydrogen-bond acceptors (Lipinski definition) is 8. The van der Waals surface area contributed by atoms with Gasteiger partial charge in [-0.1, -0.05) is 19.9 Å². The van der Waals surface area contributed by atoms with Gasteiger partial charge in [0.2, 0.25) is 0 Å². The molecule has 3 aliphatic rings. The van der Waals surface area contributed by atoms with Crippen LogP contribution in [0.25, 0.3) is 11.3 Å². The van der Waals surface area contributed by atoms with E-state index in [0.717, 1.165) is 24.1 Å². The van der Waals surface area contributed by atoms with E-state index in [0.29, 0.717) is 25.7 Å². The summed E-state index contributed by atoms with van der Waals surface area (Å²) in [6.45, 7) is 7.91. The lowest BCUT2D eigenvalue weighted by Crippen LogP contribution is -2.56. The molecule has 37 heavy (non-hydrogen) atoms. The van der Waals surface area contributed by atoms with Gasteiger partial charge in [0, 0.05) is 18.5 Å². The zero-order chi connectivity index (χ0) is 25.9. The molecule has 1 saturated carbocycles. The molecule has 0 amide bonds. The van der Waals surface area contributed by atoms with Gasteiger partial charge in [0.25, 0.3) is 6.01 Å². The first-order valence-electron chi connectivity index (χ1n) is 12.6. The van der Waals surface area contributed by atoms with Crippen LogP contribution in [0.1, 0.15) is 61.3 Å². The standard InChI is InChI=1S/C27H28F2N4O4/c1-4-35-24(34)20-14-37-25(30-20)33-10-11-36-21(13-33)27-9-8-16(26(27,2)3)15-12-19(31-32-23(15)27)22-17(28)6-5-7-18(22)29/h5-7,12,14,16,21H,4,8-11,13H2,1-3H3/t16-,21+,27-/m0/s1. The molecule has 0 radical (unpaired) electrons. The summed E-state index contributed by atoms with van der Waals surface area (Å²) in [5, 5.41) is 8.91. The Kier molecular flexibility index (Phi) is 5.56. The van der Waals surface area contributed by atoms with Crippen molar-refractivity contribution in [3.05, 3.63) is 59.1 Å². The van der Waals surface area contributed by atoms with Crippen LogP contribution in [0.15, 0.2) is 34.9 Å². The van der Waals surface area contributed by atoms with Crippen molar-refractivity contribution in [2.24, 2.45) is 5.41 Å². The molecule has 2 fully saturated rings. The quantitative estimate of drug-likeness (QED) is 0.459. The lowest BCUT2D eigenvalue weighted by Gasteiger charge is -2.47. The van der Waals surface area contributed by atoms with E-state index in [1.807, 2.05) is 4.90 Å².